The number of unbranched alkanes of at least 4 members (excludes halogenated alkanes) is 1. The predicted molar refractivity (Wildman–Crippen MR) is 99.9 cm³/mol. The molecule has 0 aliphatic heterocycles. The van der Waals surface area contributed by atoms with Crippen LogP contribution in [0.25, 0.3) is 0 Å². The molecule has 25 heavy (non-hydrogen) atoms. The van der Waals surface area contributed by atoms with Crippen molar-refractivity contribution in [3.05, 3.63) is 48.3 Å². The van der Waals surface area contributed by atoms with Crippen LogP contribution in [0.1, 0.15) is 46.0 Å². The van der Waals surface area contributed by atoms with Gasteiger partial charge in [-0.15, -0.1) is 0 Å². The summed E-state index contributed by atoms with van der Waals surface area (Å²) in [6.45, 7) is 4.25. The summed E-state index contributed by atoms with van der Waals surface area (Å²) in [5, 5.41) is 0. The van der Waals surface area contributed by atoms with Crippen LogP contribution in [0.4, 0.5) is 0 Å². The highest BCUT2D eigenvalue weighted by atomic mass is 16.5. The van der Waals surface area contributed by atoms with E-state index in [0.717, 1.165) is 37.9 Å². The summed E-state index contributed by atoms with van der Waals surface area (Å²) in [6, 6.07) is 0. The number of ether oxygens (including phenoxy) is 2. The van der Waals surface area contributed by atoms with Gasteiger partial charge in [0.05, 0.1) is 19.6 Å². The van der Waals surface area contributed by atoms with E-state index in [0.29, 0.717) is 12.4 Å². The molecule has 0 amide bonds. The van der Waals surface area contributed by atoms with Crippen LogP contribution in [0.3, 0.4) is 0 Å². The molecule has 4 nitrogen and oxygen atoms in total. The average Bonchev–Trinajstić information content (AvgIpc) is 2.90. The van der Waals surface area contributed by atoms with Crippen molar-refractivity contribution in [2.75, 3.05) is 13.7 Å². The Kier molecular flexibility index (Phi) is 10.3. The molecule has 1 aliphatic rings. The second kappa shape index (κ2) is 12.3. The summed E-state index contributed by atoms with van der Waals surface area (Å²) in [6.07, 6.45) is 17.3. The fourth-order valence-electron chi connectivity index (χ4n) is 2.89. The molecule has 1 aliphatic carbocycles. The molecule has 0 saturated heterocycles. The number of carbonyl (C=O) groups excluding carboxylic acids is 2. The first-order chi connectivity index (χ1) is 12.1. The lowest BCUT2D eigenvalue weighted by molar-refractivity contribution is -0.137. The van der Waals surface area contributed by atoms with Gasteiger partial charge in [-0.05, 0) is 38.7 Å². The number of allylic oxidation sites excluding steroid dienone is 7. The minimum Gasteiger partial charge on any atom is -0.501 e. The van der Waals surface area contributed by atoms with Gasteiger partial charge in [0.1, 0.15) is 11.5 Å². The van der Waals surface area contributed by atoms with Crippen LogP contribution >= 0.6 is 0 Å². The van der Waals surface area contributed by atoms with Crippen LogP contribution in [0, 0.1) is 11.8 Å². The van der Waals surface area contributed by atoms with Gasteiger partial charge in [-0.25, -0.2) is 4.79 Å². The molecule has 2 atom stereocenters. The Morgan fingerprint density at radius 3 is 2.60 bits per heavy atom. The summed E-state index contributed by atoms with van der Waals surface area (Å²) in [5.41, 5.74) is 0. The monoisotopic (exact) mass is 346 g/mol. The van der Waals surface area contributed by atoms with E-state index >= 15 is 0 Å². The van der Waals surface area contributed by atoms with Gasteiger partial charge in [-0.3, -0.25) is 4.79 Å². The Morgan fingerprint density at radius 1 is 1.16 bits per heavy atom. The zero-order chi connectivity index (χ0) is 18.5. The third kappa shape index (κ3) is 7.55. The quantitative estimate of drug-likeness (QED) is 0.239. The lowest BCUT2D eigenvalue weighted by Crippen LogP contribution is -2.17. The number of ketones is 1. The standard InChI is InChI=1S/C21H30O4/c1-4-13-18-19(24-3)16-17(21(18)23)14-11-9-7-6-8-10-12-15-20(22)25-5-2/h6-8,10,12,15-18H,4-5,9,11,13-14H2,1-3H3/b7-6+,10-8+,15-12+. The van der Waals surface area contributed by atoms with Crippen LogP contribution < -0.4 is 0 Å². The summed E-state index contributed by atoms with van der Waals surface area (Å²) in [5.74, 6) is 0.797. The zero-order valence-electron chi connectivity index (χ0n) is 15.6. The zero-order valence-corrected chi connectivity index (χ0v) is 15.6. The van der Waals surface area contributed by atoms with Crippen LogP contribution in [0.15, 0.2) is 48.3 Å². The van der Waals surface area contributed by atoms with E-state index in [4.69, 9.17) is 9.47 Å². The molecule has 0 bridgehead atoms. The number of carbonyl (C=O) groups is 2. The van der Waals surface area contributed by atoms with Crippen molar-refractivity contribution >= 4 is 11.8 Å². The number of esters is 1. The van der Waals surface area contributed by atoms with Gasteiger partial charge in [0.25, 0.3) is 0 Å². The van der Waals surface area contributed by atoms with E-state index in [9.17, 15) is 9.59 Å². The van der Waals surface area contributed by atoms with Crippen LogP contribution in [0.2, 0.25) is 0 Å². The van der Waals surface area contributed by atoms with E-state index in [1.165, 1.54) is 6.08 Å². The molecule has 0 saturated carbocycles. The molecule has 2 unspecified atom stereocenters. The minimum atomic E-state index is -0.331. The maximum atomic E-state index is 12.4. The van der Waals surface area contributed by atoms with Gasteiger partial charge in [-0.1, -0.05) is 43.7 Å². The lowest BCUT2D eigenvalue weighted by Gasteiger charge is -2.12. The molecule has 4 heteroatoms. The van der Waals surface area contributed by atoms with Gasteiger partial charge >= 0.3 is 5.97 Å². The fourth-order valence-corrected chi connectivity index (χ4v) is 2.89. The third-order valence-electron chi connectivity index (χ3n) is 4.11. The number of rotatable bonds is 11. The van der Waals surface area contributed by atoms with Crippen LogP contribution in [-0.2, 0) is 19.1 Å². The number of hydrogen-bond donors (Lipinski definition) is 0. The Labute approximate surface area is 151 Å². The number of methoxy groups -OCH3 is 1. The van der Waals surface area contributed by atoms with Gasteiger partial charge < -0.3 is 9.47 Å². The van der Waals surface area contributed by atoms with Gasteiger partial charge in [-0.2, -0.15) is 0 Å². The molecular formula is C21H30O4. The van der Waals surface area contributed by atoms with Crippen LogP contribution in [-0.4, -0.2) is 25.5 Å². The molecule has 0 radical (unpaired) electrons. The highest BCUT2D eigenvalue weighted by Crippen LogP contribution is 2.33. The van der Waals surface area contributed by atoms with Crippen molar-refractivity contribution in [3.8, 4) is 0 Å². The molecule has 0 N–H and O–H groups in total. The lowest BCUT2D eigenvalue weighted by atomic mass is 9.93. The average molecular weight is 346 g/mol. The molecule has 0 spiro atoms. The molecule has 0 aromatic rings. The Morgan fingerprint density at radius 2 is 1.92 bits per heavy atom. The summed E-state index contributed by atoms with van der Waals surface area (Å²) >= 11 is 0. The first-order valence-corrected chi connectivity index (χ1v) is 9.10. The second-order valence-electron chi connectivity index (χ2n) is 5.98. The normalized spacial score (nSPS) is 20.8. The van der Waals surface area contributed by atoms with E-state index in [-0.39, 0.29) is 17.8 Å². The second-order valence-corrected chi connectivity index (χ2v) is 5.98. The van der Waals surface area contributed by atoms with Crippen LogP contribution in [0.5, 0.6) is 0 Å². The Balaban J connectivity index is 2.28. The summed E-state index contributed by atoms with van der Waals surface area (Å²) in [4.78, 5) is 23.5. The smallest absolute Gasteiger partial charge is 0.330 e. The van der Waals surface area contributed by atoms with Crippen molar-refractivity contribution < 1.29 is 19.1 Å². The first-order valence-electron chi connectivity index (χ1n) is 9.10. The minimum absolute atomic E-state index is 0.00273. The summed E-state index contributed by atoms with van der Waals surface area (Å²) in [7, 11) is 1.65. The molecular weight excluding hydrogens is 316 g/mol. The fraction of sp³-hybridized carbons (Fsp3) is 0.524. The van der Waals surface area contributed by atoms with Crippen molar-refractivity contribution in [1.29, 1.82) is 0 Å². The molecule has 0 heterocycles. The van der Waals surface area contributed by atoms with Crippen molar-refractivity contribution in [2.45, 2.75) is 46.0 Å². The largest absolute Gasteiger partial charge is 0.501 e. The van der Waals surface area contributed by atoms with E-state index in [1.54, 1.807) is 26.2 Å². The first kappa shape index (κ1) is 20.9. The summed E-state index contributed by atoms with van der Waals surface area (Å²) < 4.78 is 10.1. The van der Waals surface area contributed by atoms with E-state index in [1.807, 2.05) is 18.2 Å². The molecule has 0 fully saturated rings. The maximum Gasteiger partial charge on any atom is 0.330 e. The predicted octanol–water partition coefficient (Wildman–Crippen LogP) is 4.53. The molecule has 0 aromatic heterocycles. The van der Waals surface area contributed by atoms with Crippen molar-refractivity contribution in [2.24, 2.45) is 11.8 Å². The SMILES string of the molecule is CCCC1C(=O)C(CCC/C=C/C=C/C=C/C(=O)OCC)C=C1OC. The third-order valence-corrected chi connectivity index (χ3v) is 4.11. The number of hydrogen-bond acceptors (Lipinski definition) is 4. The van der Waals surface area contributed by atoms with Gasteiger partial charge in [0, 0.05) is 12.0 Å². The topological polar surface area (TPSA) is 52.6 Å². The van der Waals surface area contributed by atoms with Gasteiger partial charge in [0.15, 0.2) is 0 Å². The molecule has 0 aromatic carbocycles. The molecule has 1 rings (SSSR count). The highest BCUT2D eigenvalue weighted by molar-refractivity contribution is 5.90. The Hall–Kier alpha value is -2.10. The van der Waals surface area contributed by atoms with Crippen molar-refractivity contribution in [1.82, 2.24) is 0 Å². The van der Waals surface area contributed by atoms with Crippen molar-refractivity contribution in [3.63, 3.8) is 0 Å². The Bertz CT molecular complexity index is 540. The van der Waals surface area contributed by atoms with E-state index in [2.05, 4.69) is 13.0 Å². The maximum absolute atomic E-state index is 12.4. The molecule has 138 valence electrons. The van der Waals surface area contributed by atoms with E-state index < -0.39 is 0 Å². The van der Waals surface area contributed by atoms with Gasteiger partial charge in [0.2, 0.25) is 0 Å². The number of Topliss-reactive ketones (excluding diaryl/α,β-unsaturated/α-hetero) is 1. The highest BCUT2D eigenvalue weighted by Gasteiger charge is 2.35.